The first-order valence-electron chi connectivity index (χ1n) is 7.15. The van der Waals surface area contributed by atoms with E-state index in [1.165, 1.54) is 5.56 Å². The molecule has 5 nitrogen and oxygen atoms in total. The van der Waals surface area contributed by atoms with E-state index in [0.29, 0.717) is 12.2 Å². The lowest BCUT2D eigenvalue weighted by Gasteiger charge is -2.20. The van der Waals surface area contributed by atoms with Gasteiger partial charge in [0, 0.05) is 19.3 Å². The molecule has 1 aromatic heterocycles. The average Bonchev–Trinajstić information content (AvgIpc) is 2.43. The van der Waals surface area contributed by atoms with Crippen molar-refractivity contribution >= 4 is 5.70 Å². The zero-order valence-corrected chi connectivity index (χ0v) is 13.0. The lowest BCUT2D eigenvalue weighted by molar-refractivity contribution is 0.422. The minimum absolute atomic E-state index is 0.633. The van der Waals surface area contributed by atoms with Gasteiger partial charge < -0.3 is 16.1 Å². The maximum Gasteiger partial charge on any atom is 0.0881 e. The zero-order valence-electron chi connectivity index (χ0n) is 13.0. The van der Waals surface area contributed by atoms with Gasteiger partial charge in [0.25, 0.3) is 0 Å². The Kier molecular flexibility index (Phi) is 6.48. The van der Waals surface area contributed by atoms with Crippen molar-refractivity contribution in [2.45, 2.75) is 33.6 Å². The first kappa shape index (κ1) is 16.5. The second-order valence-electron chi connectivity index (χ2n) is 4.96. The molecule has 0 aliphatic carbocycles. The Morgan fingerprint density at radius 2 is 2.05 bits per heavy atom. The third kappa shape index (κ3) is 4.21. The Morgan fingerprint density at radius 3 is 2.60 bits per heavy atom. The summed E-state index contributed by atoms with van der Waals surface area (Å²) in [6.45, 7) is 7.86. The molecule has 20 heavy (non-hydrogen) atoms. The molecule has 0 aliphatic heterocycles. The molecular formula is C15H27N5. The minimum Gasteiger partial charge on any atom is -0.395 e. The summed E-state index contributed by atoms with van der Waals surface area (Å²) >= 11 is 0. The van der Waals surface area contributed by atoms with E-state index in [1.54, 1.807) is 12.1 Å². The molecular weight excluding hydrogens is 250 g/mol. The fraction of sp³-hybridized carbons (Fsp3) is 0.533. The molecule has 1 rings (SSSR count). The highest BCUT2D eigenvalue weighted by atomic mass is 15.4. The molecule has 0 aliphatic rings. The van der Waals surface area contributed by atoms with E-state index in [1.807, 2.05) is 6.07 Å². The third-order valence-corrected chi connectivity index (χ3v) is 3.27. The van der Waals surface area contributed by atoms with Gasteiger partial charge in [-0.1, -0.05) is 19.9 Å². The lowest BCUT2D eigenvalue weighted by atomic mass is 10.1. The summed E-state index contributed by atoms with van der Waals surface area (Å²) in [6, 6.07) is 4.01. The Morgan fingerprint density at radius 1 is 1.35 bits per heavy atom. The van der Waals surface area contributed by atoms with Crippen molar-refractivity contribution in [2.75, 3.05) is 20.1 Å². The van der Waals surface area contributed by atoms with Gasteiger partial charge in [0.15, 0.2) is 0 Å². The lowest BCUT2D eigenvalue weighted by Crippen LogP contribution is -2.34. The summed E-state index contributed by atoms with van der Waals surface area (Å²) in [5, 5.41) is 4.88. The van der Waals surface area contributed by atoms with E-state index in [4.69, 9.17) is 11.6 Å². The van der Waals surface area contributed by atoms with Crippen molar-refractivity contribution < 1.29 is 0 Å². The van der Waals surface area contributed by atoms with Crippen LogP contribution < -0.4 is 16.9 Å². The molecule has 5 heteroatoms. The normalized spacial score (nSPS) is 12.2. The van der Waals surface area contributed by atoms with Crippen LogP contribution in [0.5, 0.6) is 0 Å². The third-order valence-electron chi connectivity index (χ3n) is 3.27. The summed E-state index contributed by atoms with van der Waals surface area (Å²) < 4.78 is 0. The Bertz CT molecular complexity index is 465. The summed E-state index contributed by atoms with van der Waals surface area (Å²) in [4.78, 5) is 4.63. The number of hydrogen-bond donors (Lipinski definition) is 3. The first-order chi connectivity index (χ1) is 9.51. The van der Waals surface area contributed by atoms with Crippen molar-refractivity contribution in [2.24, 2.45) is 11.6 Å². The molecule has 0 unspecified atom stereocenters. The molecule has 0 bridgehead atoms. The number of likely N-dealkylation sites (N-methyl/N-ethyl adjacent to an activating group) is 1. The summed E-state index contributed by atoms with van der Waals surface area (Å²) in [7, 11) is 1.80. The second-order valence-corrected chi connectivity index (χ2v) is 4.96. The number of aryl methyl sites for hydroxylation is 2. The van der Waals surface area contributed by atoms with Gasteiger partial charge in [-0.05, 0) is 37.9 Å². The van der Waals surface area contributed by atoms with Gasteiger partial charge >= 0.3 is 0 Å². The van der Waals surface area contributed by atoms with Gasteiger partial charge in [-0.25, -0.2) is 5.84 Å². The molecule has 1 aromatic rings. The van der Waals surface area contributed by atoms with E-state index in [-0.39, 0.29) is 0 Å². The van der Waals surface area contributed by atoms with E-state index < -0.39 is 0 Å². The minimum atomic E-state index is 0.633. The summed E-state index contributed by atoms with van der Waals surface area (Å²) in [5.41, 5.74) is 10.8. The fourth-order valence-corrected chi connectivity index (χ4v) is 2.02. The number of nitrogens with zero attached hydrogens (tertiary/aromatic N) is 2. The topological polar surface area (TPSA) is 80.2 Å². The van der Waals surface area contributed by atoms with Crippen LogP contribution in [-0.4, -0.2) is 30.1 Å². The van der Waals surface area contributed by atoms with Crippen LogP contribution in [-0.2, 0) is 6.42 Å². The predicted molar refractivity (Wildman–Crippen MR) is 84.6 cm³/mol. The monoisotopic (exact) mass is 277 g/mol. The number of nitrogens with one attached hydrogen (secondary N) is 1. The van der Waals surface area contributed by atoms with Gasteiger partial charge in [0.1, 0.15) is 0 Å². The van der Waals surface area contributed by atoms with Crippen LogP contribution in [0.3, 0.4) is 0 Å². The SMILES string of the molecule is CCCNC/C(=C(/N)c1ccc(C)c(CC)n1)N(C)N. The van der Waals surface area contributed by atoms with Gasteiger partial charge in [-0.2, -0.15) is 0 Å². The van der Waals surface area contributed by atoms with Gasteiger partial charge in [-0.3, -0.25) is 4.98 Å². The van der Waals surface area contributed by atoms with Crippen LogP contribution in [0.1, 0.15) is 37.2 Å². The zero-order chi connectivity index (χ0) is 15.1. The molecule has 0 radical (unpaired) electrons. The van der Waals surface area contributed by atoms with Crippen LogP contribution in [0.2, 0.25) is 0 Å². The van der Waals surface area contributed by atoms with Crippen LogP contribution in [0, 0.1) is 6.92 Å². The molecule has 5 N–H and O–H groups in total. The highest BCUT2D eigenvalue weighted by molar-refractivity contribution is 5.63. The molecule has 1 heterocycles. The Hall–Kier alpha value is -1.59. The van der Waals surface area contributed by atoms with Crippen molar-refractivity contribution in [3.8, 4) is 0 Å². The molecule has 0 fully saturated rings. The number of pyridine rings is 1. The van der Waals surface area contributed by atoms with Crippen LogP contribution >= 0.6 is 0 Å². The molecule has 0 amide bonds. The van der Waals surface area contributed by atoms with Crippen LogP contribution in [0.4, 0.5) is 0 Å². The smallest absolute Gasteiger partial charge is 0.0881 e. The molecule has 0 saturated heterocycles. The number of hydrazine groups is 1. The average molecular weight is 277 g/mol. The van der Waals surface area contributed by atoms with Crippen molar-refractivity contribution in [1.82, 2.24) is 15.3 Å². The van der Waals surface area contributed by atoms with Gasteiger partial charge in [-0.15, -0.1) is 0 Å². The van der Waals surface area contributed by atoms with E-state index in [0.717, 1.165) is 36.5 Å². The second kappa shape index (κ2) is 7.87. The molecule has 0 aromatic carbocycles. The van der Waals surface area contributed by atoms with E-state index in [9.17, 15) is 0 Å². The molecule has 0 spiro atoms. The molecule has 0 saturated carbocycles. The summed E-state index contributed by atoms with van der Waals surface area (Å²) in [6.07, 6.45) is 1.97. The maximum absolute atomic E-state index is 6.25. The van der Waals surface area contributed by atoms with E-state index in [2.05, 4.69) is 37.1 Å². The van der Waals surface area contributed by atoms with Crippen molar-refractivity contribution in [3.05, 3.63) is 34.8 Å². The maximum atomic E-state index is 6.25. The largest absolute Gasteiger partial charge is 0.395 e. The Balaban J connectivity index is 3.07. The van der Waals surface area contributed by atoms with Gasteiger partial charge in [0.2, 0.25) is 0 Å². The van der Waals surface area contributed by atoms with Crippen molar-refractivity contribution in [3.63, 3.8) is 0 Å². The highest BCUT2D eigenvalue weighted by Gasteiger charge is 2.11. The van der Waals surface area contributed by atoms with E-state index >= 15 is 0 Å². The first-order valence-corrected chi connectivity index (χ1v) is 7.15. The fourth-order valence-electron chi connectivity index (χ4n) is 2.02. The number of aromatic nitrogens is 1. The van der Waals surface area contributed by atoms with Crippen LogP contribution in [0.15, 0.2) is 17.8 Å². The van der Waals surface area contributed by atoms with Crippen LogP contribution in [0.25, 0.3) is 5.70 Å². The predicted octanol–water partition coefficient (Wildman–Crippen LogP) is 1.38. The molecule has 0 atom stereocenters. The number of nitrogens with two attached hydrogens (primary N) is 2. The number of rotatable bonds is 7. The summed E-state index contributed by atoms with van der Waals surface area (Å²) in [5.74, 6) is 5.89. The highest BCUT2D eigenvalue weighted by Crippen LogP contribution is 2.15. The quantitative estimate of drug-likeness (QED) is 0.399. The number of hydrogen-bond acceptors (Lipinski definition) is 5. The Labute approximate surface area is 122 Å². The van der Waals surface area contributed by atoms with Gasteiger partial charge in [0.05, 0.1) is 17.1 Å². The molecule has 112 valence electrons. The standard InChI is InChI=1S/C15H27N5/c1-5-9-18-10-14(20(4)17)15(16)13-8-7-11(3)12(6-2)19-13/h7-8,18H,5-6,9-10,16-17H2,1-4H3/b15-14-. The van der Waals surface area contributed by atoms with Crippen molar-refractivity contribution in [1.29, 1.82) is 0 Å².